The monoisotopic (exact) mass is 510 g/mol. The Balaban J connectivity index is 1.19. The molecule has 0 bridgehead atoms. The quantitative estimate of drug-likeness (QED) is 0.168. The van der Waals surface area contributed by atoms with E-state index in [4.69, 9.17) is 4.42 Å². The fourth-order valence-electron chi connectivity index (χ4n) is 5.31. The minimum atomic E-state index is 0.0737. The first-order valence-electron chi connectivity index (χ1n) is 13.5. The summed E-state index contributed by atoms with van der Waals surface area (Å²) < 4.78 is 6.27. The second kappa shape index (κ2) is 12.7. The lowest BCUT2D eigenvalue weighted by molar-refractivity contribution is 0.230. The predicted molar refractivity (Wildman–Crippen MR) is 151 cm³/mol. The lowest BCUT2D eigenvalue weighted by atomic mass is 10.1. The fourth-order valence-corrected chi connectivity index (χ4v) is 7.04. The third-order valence-electron chi connectivity index (χ3n) is 7.29. The van der Waals surface area contributed by atoms with Crippen LogP contribution in [0.2, 0.25) is 0 Å². The van der Waals surface area contributed by atoms with Crippen LogP contribution in [0.5, 0.6) is 0 Å². The Bertz CT molecular complexity index is 1080. The first-order chi connectivity index (χ1) is 17.3. The van der Waals surface area contributed by atoms with E-state index >= 15 is 0 Å². The van der Waals surface area contributed by atoms with Gasteiger partial charge in [-0.2, -0.15) is 0 Å². The van der Waals surface area contributed by atoms with Gasteiger partial charge in [0.15, 0.2) is 0 Å². The highest BCUT2D eigenvalue weighted by atomic mass is 32.2. The van der Waals surface area contributed by atoms with E-state index in [1.54, 1.807) is 0 Å². The van der Waals surface area contributed by atoms with Gasteiger partial charge >= 0.3 is 0 Å². The molecule has 188 valence electrons. The SMILES string of the molecule is O=c1c2ccc(SCCCN3CCCCC3)cc2oc2cc(SCCCN3CCCCC3)ccc12. The molecule has 0 aliphatic carbocycles. The van der Waals surface area contributed by atoms with Gasteiger partial charge in [-0.1, -0.05) is 12.8 Å². The summed E-state index contributed by atoms with van der Waals surface area (Å²) in [6.45, 7) is 7.43. The summed E-state index contributed by atoms with van der Waals surface area (Å²) in [6, 6.07) is 12.1. The molecule has 2 aliphatic rings. The average Bonchev–Trinajstić information content (AvgIpc) is 2.90. The molecule has 0 N–H and O–H groups in total. The van der Waals surface area contributed by atoms with Crippen LogP contribution >= 0.6 is 23.5 Å². The van der Waals surface area contributed by atoms with Crippen molar-refractivity contribution in [2.24, 2.45) is 0 Å². The van der Waals surface area contributed by atoms with Crippen molar-refractivity contribution in [2.45, 2.75) is 61.2 Å². The second-order valence-electron chi connectivity index (χ2n) is 9.96. The minimum absolute atomic E-state index is 0.0737. The number of likely N-dealkylation sites (tertiary alicyclic amines) is 2. The van der Waals surface area contributed by atoms with Gasteiger partial charge in [0.1, 0.15) is 11.2 Å². The number of hydrogen-bond acceptors (Lipinski definition) is 6. The lowest BCUT2D eigenvalue weighted by Gasteiger charge is -2.26. The standard InChI is InChI=1S/C29H38N2O2S2/c32-29-25-11-9-23(34-19-7-17-30-13-3-1-4-14-30)21-27(25)33-28-22-24(10-12-26(28)29)35-20-8-18-31-15-5-2-6-16-31/h9-12,21-22H,1-8,13-20H2. The summed E-state index contributed by atoms with van der Waals surface area (Å²) in [6.07, 6.45) is 10.6. The van der Waals surface area contributed by atoms with Crippen molar-refractivity contribution in [2.75, 3.05) is 50.8 Å². The molecule has 0 atom stereocenters. The molecule has 0 radical (unpaired) electrons. The van der Waals surface area contributed by atoms with Crippen molar-refractivity contribution in [3.8, 4) is 0 Å². The van der Waals surface area contributed by atoms with Crippen molar-refractivity contribution >= 4 is 45.5 Å². The zero-order valence-electron chi connectivity index (χ0n) is 20.8. The van der Waals surface area contributed by atoms with Crippen LogP contribution in [0.25, 0.3) is 21.9 Å². The Hall–Kier alpha value is -1.47. The van der Waals surface area contributed by atoms with E-state index in [0.717, 1.165) is 11.5 Å². The molecule has 0 unspecified atom stereocenters. The van der Waals surface area contributed by atoms with Crippen LogP contribution in [0.15, 0.2) is 55.4 Å². The molecule has 4 nitrogen and oxygen atoms in total. The van der Waals surface area contributed by atoms with Crippen molar-refractivity contribution in [3.63, 3.8) is 0 Å². The number of fused-ring (bicyclic) bond motifs is 2. The van der Waals surface area contributed by atoms with Crippen LogP contribution in [0.4, 0.5) is 0 Å². The molecule has 1 aromatic heterocycles. The first kappa shape index (κ1) is 25.2. The maximum absolute atomic E-state index is 13.1. The summed E-state index contributed by atoms with van der Waals surface area (Å²) >= 11 is 3.73. The summed E-state index contributed by atoms with van der Waals surface area (Å²) in [7, 11) is 0. The van der Waals surface area contributed by atoms with Crippen LogP contribution in [-0.4, -0.2) is 60.6 Å². The molecule has 2 aliphatic heterocycles. The third kappa shape index (κ3) is 6.85. The van der Waals surface area contributed by atoms with E-state index in [9.17, 15) is 4.79 Å². The van der Waals surface area contributed by atoms with Gasteiger partial charge in [0.25, 0.3) is 0 Å². The molecule has 35 heavy (non-hydrogen) atoms. The van der Waals surface area contributed by atoms with Gasteiger partial charge in [-0.15, -0.1) is 23.5 Å². The largest absolute Gasteiger partial charge is 0.456 e. The van der Waals surface area contributed by atoms with Gasteiger partial charge in [0.2, 0.25) is 5.43 Å². The number of piperidine rings is 2. The molecule has 0 amide bonds. The van der Waals surface area contributed by atoms with E-state index in [2.05, 4.69) is 34.1 Å². The van der Waals surface area contributed by atoms with Crippen LogP contribution in [-0.2, 0) is 0 Å². The van der Waals surface area contributed by atoms with Crippen molar-refractivity contribution in [1.82, 2.24) is 9.80 Å². The van der Waals surface area contributed by atoms with Gasteiger partial charge in [0, 0.05) is 9.79 Å². The molecule has 6 heteroatoms. The van der Waals surface area contributed by atoms with E-state index in [0.29, 0.717) is 21.9 Å². The molecule has 3 aromatic rings. The molecule has 0 spiro atoms. The Morgan fingerprint density at radius 1 is 0.657 bits per heavy atom. The first-order valence-corrected chi connectivity index (χ1v) is 15.4. The Labute approximate surface area is 217 Å². The highest BCUT2D eigenvalue weighted by molar-refractivity contribution is 7.99. The lowest BCUT2D eigenvalue weighted by Crippen LogP contribution is -2.30. The van der Waals surface area contributed by atoms with Crippen LogP contribution in [0, 0.1) is 0 Å². The Morgan fingerprint density at radius 3 is 1.57 bits per heavy atom. The molecular formula is C29H38N2O2S2. The highest BCUT2D eigenvalue weighted by Crippen LogP contribution is 2.28. The maximum Gasteiger partial charge on any atom is 0.200 e. The van der Waals surface area contributed by atoms with Gasteiger partial charge in [-0.25, -0.2) is 0 Å². The average molecular weight is 511 g/mol. The molecular weight excluding hydrogens is 472 g/mol. The highest BCUT2D eigenvalue weighted by Gasteiger charge is 2.12. The van der Waals surface area contributed by atoms with E-state index in [1.165, 1.54) is 100 Å². The van der Waals surface area contributed by atoms with Crippen LogP contribution in [0.1, 0.15) is 51.4 Å². The normalized spacial score (nSPS) is 17.9. The topological polar surface area (TPSA) is 36.7 Å². The summed E-state index contributed by atoms with van der Waals surface area (Å²) in [5.41, 5.74) is 1.48. The Morgan fingerprint density at radius 2 is 1.11 bits per heavy atom. The van der Waals surface area contributed by atoms with E-state index in [-0.39, 0.29) is 5.43 Å². The zero-order valence-corrected chi connectivity index (χ0v) is 22.4. The molecule has 2 fully saturated rings. The van der Waals surface area contributed by atoms with Gasteiger partial charge < -0.3 is 14.2 Å². The fraction of sp³-hybridized carbons (Fsp3) is 0.552. The molecule has 2 saturated heterocycles. The molecule has 5 rings (SSSR count). The number of rotatable bonds is 10. The summed E-state index contributed by atoms with van der Waals surface area (Å²) in [5, 5.41) is 1.36. The third-order valence-corrected chi connectivity index (χ3v) is 9.45. The minimum Gasteiger partial charge on any atom is -0.456 e. The maximum atomic E-state index is 13.1. The number of thioether (sulfide) groups is 2. The Kier molecular flexibility index (Phi) is 9.12. The summed E-state index contributed by atoms with van der Waals surface area (Å²) in [4.78, 5) is 20.7. The van der Waals surface area contributed by atoms with Gasteiger partial charge in [-0.05, 0) is 126 Å². The van der Waals surface area contributed by atoms with Crippen molar-refractivity contribution in [1.29, 1.82) is 0 Å². The smallest absolute Gasteiger partial charge is 0.200 e. The van der Waals surface area contributed by atoms with Crippen molar-refractivity contribution < 1.29 is 4.42 Å². The van der Waals surface area contributed by atoms with Crippen LogP contribution in [0.3, 0.4) is 0 Å². The number of nitrogens with zero attached hydrogens (tertiary/aromatic N) is 2. The molecule has 0 saturated carbocycles. The number of hydrogen-bond donors (Lipinski definition) is 0. The van der Waals surface area contributed by atoms with E-state index in [1.807, 2.05) is 35.7 Å². The van der Waals surface area contributed by atoms with Crippen LogP contribution < -0.4 is 5.43 Å². The van der Waals surface area contributed by atoms with E-state index < -0.39 is 0 Å². The molecule has 3 heterocycles. The number of benzene rings is 2. The van der Waals surface area contributed by atoms with Gasteiger partial charge in [-0.3, -0.25) is 4.79 Å². The molecule has 2 aromatic carbocycles. The van der Waals surface area contributed by atoms with Crippen molar-refractivity contribution in [3.05, 3.63) is 46.6 Å². The summed E-state index contributed by atoms with van der Waals surface area (Å²) in [5.74, 6) is 2.19. The predicted octanol–water partition coefficient (Wildman–Crippen LogP) is 6.88. The second-order valence-corrected chi connectivity index (χ2v) is 12.3. The van der Waals surface area contributed by atoms with Gasteiger partial charge in [0.05, 0.1) is 10.8 Å². The zero-order chi connectivity index (χ0) is 23.9.